The first-order valence-electron chi connectivity index (χ1n) is 7.04. The van der Waals surface area contributed by atoms with Crippen LogP contribution in [-0.2, 0) is 4.74 Å². The lowest BCUT2D eigenvalue weighted by Crippen LogP contribution is -2.44. The highest BCUT2D eigenvalue weighted by Gasteiger charge is 2.20. The van der Waals surface area contributed by atoms with Crippen molar-refractivity contribution < 1.29 is 19.0 Å². The fraction of sp³-hybridized carbons (Fsp3) is 0.600. The number of hydrogen-bond donors (Lipinski definition) is 1. The maximum Gasteiger partial charge on any atom is 0.128 e. The summed E-state index contributed by atoms with van der Waals surface area (Å²) in [6.45, 7) is 7.53. The van der Waals surface area contributed by atoms with Gasteiger partial charge in [-0.25, -0.2) is 4.39 Å². The molecule has 1 heterocycles. The van der Waals surface area contributed by atoms with Crippen molar-refractivity contribution in [3.8, 4) is 5.75 Å². The number of hydrogen-bond acceptors (Lipinski definition) is 4. The molecule has 1 aliphatic heterocycles. The second-order valence-corrected chi connectivity index (χ2v) is 5.06. The molecule has 0 saturated carbocycles. The van der Waals surface area contributed by atoms with Crippen molar-refractivity contribution >= 4 is 0 Å². The first-order chi connectivity index (χ1) is 9.60. The molecule has 0 bridgehead atoms. The summed E-state index contributed by atoms with van der Waals surface area (Å²) in [5.74, 6) is 0.0152. The monoisotopic (exact) mass is 283 g/mol. The lowest BCUT2D eigenvalue weighted by Gasteiger charge is -2.32. The molecule has 2 atom stereocenters. The lowest BCUT2D eigenvalue weighted by atomic mass is 10.1. The number of nitrogens with zero attached hydrogens (tertiary/aromatic N) is 1. The van der Waals surface area contributed by atoms with Crippen LogP contribution in [0.1, 0.15) is 25.5 Å². The lowest BCUT2D eigenvalue weighted by molar-refractivity contribution is -0.0467. The Labute approximate surface area is 119 Å². The Morgan fingerprint density at radius 1 is 1.55 bits per heavy atom. The molecule has 1 N–H and O–H groups in total. The van der Waals surface area contributed by atoms with Crippen LogP contribution in [0, 0.1) is 5.82 Å². The molecular formula is C15H22FNO3. The molecule has 20 heavy (non-hydrogen) atoms. The average molecular weight is 283 g/mol. The Bertz CT molecular complexity index is 439. The van der Waals surface area contributed by atoms with Crippen LogP contribution < -0.4 is 4.74 Å². The number of aliphatic hydroxyl groups excluding tert-OH is 1. The standard InChI is InChI=1S/C15H22FNO3/c1-3-17-6-7-19-13(9-17)10-20-15-8-12(16)4-5-14(15)11(2)18/h4-5,8,11,13,18H,3,6-7,9-10H2,1-2H3. The molecule has 0 radical (unpaired) electrons. The van der Waals surface area contributed by atoms with E-state index in [1.807, 2.05) is 0 Å². The first-order valence-corrected chi connectivity index (χ1v) is 7.04. The number of morpholine rings is 1. The van der Waals surface area contributed by atoms with E-state index in [2.05, 4.69) is 11.8 Å². The van der Waals surface area contributed by atoms with Crippen LogP contribution in [-0.4, -0.2) is 49.0 Å². The molecule has 5 heteroatoms. The van der Waals surface area contributed by atoms with Gasteiger partial charge in [0.1, 0.15) is 24.3 Å². The summed E-state index contributed by atoms with van der Waals surface area (Å²) in [5, 5.41) is 9.67. The van der Waals surface area contributed by atoms with Crippen LogP contribution in [0.4, 0.5) is 4.39 Å². The SMILES string of the molecule is CCN1CCOC(COc2cc(F)ccc2C(C)O)C1. The van der Waals surface area contributed by atoms with Gasteiger partial charge < -0.3 is 14.6 Å². The summed E-state index contributed by atoms with van der Waals surface area (Å²) in [4.78, 5) is 2.29. The van der Waals surface area contributed by atoms with Gasteiger partial charge in [-0.15, -0.1) is 0 Å². The summed E-state index contributed by atoms with van der Waals surface area (Å²) < 4.78 is 24.6. The molecule has 4 nitrogen and oxygen atoms in total. The van der Waals surface area contributed by atoms with Gasteiger partial charge in [0.2, 0.25) is 0 Å². The van der Waals surface area contributed by atoms with E-state index in [-0.39, 0.29) is 11.9 Å². The number of benzene rings is 1. The van der Waals surface area contributed by atoms with Gasteiger partial charge in [0.05, 0.1) is 12.7 Å². The minimum Gasteiger partial charge on any atom is -0.490 e. The Morgan fingerprint density at radius 3 is 3.05 bits per heavy atom. The van der Waals surface area contributed by atoms with E-state index < -0.39 is 6.10 Å². The molecule has 0 aromatic heterocycles. The highest BCUT2D eigenvalue weighted by molar-refractivity contribution is 5.35. The van der Waals surface area contributed by atoms with Gasteiger partial charge in [0.15, 0.2) is 0 Å². The normalized spacial score (nSPS) is 21.7. The van der Waals surface area contributed by atoms with Crippen molar-refractivity contribution in [1.82, 2.24) is 4.90 Å². The summed E-state index contributed by atoms with van der Waals surface area (Å²) in [6.07, 6.45) is -0.709. The van der Waals surface area contributed by atoms with Crippen LogP contribution >= 0.6 is 0 Å². The number of rotatable bonds is 5. The van der Waals surface area contributed by atoms with Gasteiger partial charge in [-0.05, 0) is 25.6 Å². The predicted octanol–water partition coefficient (Wildman–Crippen LogP) is 1.98. The fourth-order valence-corrected chi connectivity index (χ4v) is 2.33. The molecule has 0 aliphatic carbocycles. The second kappa shape index (κ2) is 7.02. The van der Waals surface area contributed by atoms with Gasteiger partial charge in [-0.1, -0.05) is 6.92 Å². The van der Waals surface area contributed by atoms with Crippen molar-refractivity contribution in [3.05, 3.63) is 29.6 Å². The topological polar surface area (TPSA) is 41.9 Å². The van der Waals surface area contributed by atoms with Crippen molar-refractivity contribution in [2.75, 3.05) is 32.8 Å². The molecule has 1 saturated heterocycles. The van der Waals surface area contributed by atoms with E-state index in [0.29, 0.717) is 24.5 Å². The fourth-order valence-electron chi connectivity index (χ4n) is 2.33. The third-order valence-corrected chi connectivity index (χ3v) is 3.52. The van der Waals surface area contributed by atoms with Crippen molar-refractivity contribution in [1.29, 1.82) is 0 Å². The molecule has 0 spiro atoms. The van der Waals surface area contributed by atoms with Crippen LogP contribution in [0.15, 0.2) is 18.2 Å². The minimum absolute atomic E-state index is 0.0196. The first kappa shape index (κ1) is 15.2. The highest BCUT2D eigenvalue weighted by atomic mass is 19.1. The van der Waals surface area contributed by atoms with Gasteiger partial charge in [-0.2, -0.15) is 0 Å². The summed E-state index contributed by atoms with van der Waals surface area (Å²) in [6, 6.07) is 4.18. The average Bonchev–Trinajstić information content (AvgIpc) is 2.45. The summed E-state index contributed by atoms with van der Waals surface area (Å²) in [7, 11) is 0. The Morgan fingerprint density at radius 2 is 2.35 bits per heavy atom. The minimum atomic E-state index is -0.690. The van der Waals surface area contributed by atoms with E-state index in [4.69, 9.17) is 9.47 Å². The number of likely N-dealkylation sites (N-methyl/N-ethyl adjacent to an activating group) is 1. The van der Waals surface area contributed by atoms with Gasteiger partial charge in [0.25, 0.3) is 0 Å². The van der Waals surface area contributed by atoms with Crippen LogP contribution in [0.5, 0.6) is 5.75 Å². The van der Waals surface area contributed by atoms with Gasteiger partial charge >= 0.3 is 0 Å². The van der Waals surface area contributed by atoms with Crippen molar-refractivity contribution in [3.63, 3.8) is 0 Å². The van der Waals surface area contributed by atoms with Crippen LogP contribution in [0.2, 0.25) is 0 Å². The van der Waals surface area contributed by atoms with E-state index in [9.17, 15) is 9.50 Å². The zero-order chi connectivity index (χ0) is 14.5. The molecule has 2 unspecified atom stereocenters. The quantitative estimate of drug-likeness (QED) is 0.897. The largest absolute Gasteiger partial charge is 0.490 e. The number of aliphatic hydroxyl groups is 1. The Hall–Kier alpha value is -1.17. The molecule has 112 valence electrons. The van der Waals surface area contributed by atoms with E-state index >= 15 is 0 Å². The molecule has 0 amide bonds. The smallest absolute Gasteiger partial charge is 0.128 e. The molecule has 1 aromatic carbocycles. The van der Waals surface area contributed by atoms with E-state index in [0.717, 1.165) is 19.6 Å². The Balaban J connectivity index is 1.98. The zero-order valence-electron chi connectivity index (χ0n) is 12.0. The van der Waals surface area contributed by atoms with Gasteiger partial charge in [0, 0.05) is 24.7 Å². The number of halogens is 1. The van der Waals surface area contributed by atoms with Crippen LogP contribution in [0.25, 0.3) is 0 Å². The molecule has 2 rings (SSSR count). The second-order valence-electron chi connectivity index (χ2n) is 5.06. The van der Waals surface area contributed by atoms with Crippen LogP contribution in [0.3, 0.4) is 0 Å². The molecular weight excluding hydrogens is 261 g/mol. The van der Waals surface area contributed by atoms with Gasteiger partial charge in [-0.3, -0.25) is 4.90 Å². The van der Waals surface area contributed by atoms with Crippen molar-refractivity contribution in [2.45, 2.75) is 26.1 Å². The summed E-state index contributed by atoms with van der Waals surface area (Å²) >= 11 is 0. The predicted molar refractivity (Wildman–Crippen MR) is 74.4 cm³/mol. The third-order valence-electron chi connectivity index (χ3n) is 3.52. The third kappa shape index (κ3) is 3.91. The maximum atomic E-state index is 13.3. The van der Waals surface area contributed by atoms with E-state index in [1.165, 1.54) is 12.1 Å². The molecule has 1 fully saturated rings. The molecule has 1 aromatic rings. The number of ether oxygens (including phenoxy) is 2. The highest BCUT2D eigenvalue weighted by Crippen LogP contribution is 2.26. The Kier molecular flexibility index (Phi) is 5.34. The summed E-state index contributed by atoms with van der Waals surface area (Å²) in [5.41, 5.74) is 0.592. The van der Waals surface area contributed by atoms with Crippen molar-refractivity contribution in [2.24, 2.45) is 0 Å². The van der Waals surface area contributed by atoms with E-state index in [1.54, 1.807) is 13.0 Å². The maximum absolute atomic E-state index is 13.3. The zero-order valence-corrected chi connectivity index (χ0v) is 12.0. The molecule has 1 aliphatic rings.